The van der Waals surface area contributed by atoms with E-state index in [4.69, 9.17) is 9.72 Å². The Morgan fingerprint density at radius 2 is 1.92 bits per heavy atom. The third-order valence-corrected chi connectivity index (χ3v) is 4.83. The standard InChI is InChI=1S/C19H31N5O2/c1-13-12-20-24-16(22(5)6)11-15(21-17(13)24)14-7-9-23(10-8-14)18(25)26-19(2,3)4/h11-12,14,18,25H,7-10H2,1-6H3. The van der Waals surface area contributed by atoms with Crippen LogP contribution in [-0.4, -0.2) is 63.8 Å². The third kappa shape index (κ3) is 4.00. The van der Waals surface area contributed by atoms with Crippen molar-refractivity contribution in [2.75, 3.05) is 32.1 Å². The molecule has 2 aromatic heterocycles. The summed E-state index contributed by atoms with van der Waals surface area (Å²) in [5.41, 5.74) is 2.75. The second-order valence-electron chi connectivity index (χ2n) is 8.36. The number of aliphatic hydroxyl groups excluding tert-OH is 1. The maximum absolute atomic E-state index is 10.3. The van der Waals surface area contributed by atoms with Gasteiger partial charge in [-0.05, 0) is 40.5 Å². The second-order valence-corrected chi connectivity index (χ2v) is 8.36. The Bertz CT molecular complexity index is 757. The average Bonchev–Trinajstić information content (AvgIpc) is 2.94. The summed E-state index contributed by atoms with van der Waals surface area (Å²) in [6.07, 6.45) is 2.92. The van der Waals surface area contributed by atoms with Crippen molar-refractivity contribution in [2.24, 2.45) is 0 Å². The molecule has 3 heterocycles. The van der Waals surface area contributed by atoms with Gasteiger partial charge in [0.2, 0.25) is 6.41 Å². The van der Waals surface area contributed by atoms with Crippen molar-refractivity contribution in [3.8, 4) is 0 Å². The highest BCUT2D eigenvalue weighted by Crippen LogP contribution is 2.31. The van der Waals surface area contributed by atoms with Gasteiger partial charge in [-0.25, -0.2) is 4.98 Å². The first-order valence-electron chi connectivity index (χ1n) is 9.28. The molecule has 0 bridgehead atoms. The van der Waals surface area contributed by atoms with E-state index in [2.05, 4.69) is 16.1 Å². The number of ether oxygens (including phenoxy) is 1. The predicted molar refractivity (Wildman–Crippen MR) is 102 cm³/mol. The van der Waals surface area contributed by atoms with Crippen LogP contribution in [-0.2, 0) is 4.74 Å². The lowest BCUT2D eigenvalue weighted by atomic mass is 9.93. The lowest BCUT2D eigenvalue weighted by molar-refractivity contribution is -0.242. The van der Waals surface area contributed by atoms with Gasteiger partial charge in [-0.15, -0.1) is 0 Å². The second kappa shape index (κ2) is 7.13. The van der Waals surface area contributed by atoms with Crippen molar-refractivity contribution in [3.63, 3.8) is 0 Å². The van der Waals surface area contributed by atoms with Gasteiger partial charge in [-0.1, -0.05) is 0 Å². The number of rotatable bonds is 4. The van der Waals surface area contributed by atoms with E-state index in [9.17, 15) is 5.11 Å². The number of aromatic nitrogens is 3. The molecule has 1 N–H and O–H groups in total. The van der Waals surface area contributed by atoms with Crippen LogP contribution in [0.1, 0.15) is 50.8 Å². The summed E-state index contributed by atoms with van der Waals surface area (Å²) in [5.74, 6) is 1.42. The number of anilines is 1. The molecule has 1 aliphatic heterocycles. The lowest BCUT2D eigenvalue weighted by Gasteiger charge is -2.37. The van der Waals surface area contributed by atoms with Crippen LogP contribution < -0.4 is 4.90 Å². The highest BCUT2D eigenvalue weighted by molar-refractivity contribution is 5.54. The zero-order chi connectivity index (χ0) is 19.1. The van der Waals surface area contributed by atoms with E-state index >= 15 is 0 Å². The van der Waals surface area contributed by atoms with Gasteiger partial charge in [0, 0.05) is 50.4 Å². The number of hydrogen-bond acceptors (Lipinski definition) is 6. The topological polar surface area (TPSA) is 66.1 Å². The Labute approximate surface area is 155 Å². The van der Waals surface area contributed by atoms with E-state index in [-0.39, 0.29) is 5.60 Å². The fourth-order valence-electron chi connectivity index (χ4n) is 3.41. The van der Waals surface area contributed by atoms with Crippen molar-refractivity contribution < 1.29 is 9.84 Å². The van der Waals surface area contributed by atoms with Crippen LogP contribution in [0.5, 0.6) is 0 Å². The highest BCUT2D eigenvalue weighted by atomic mass is 16.6. The molecule has 3 rings (SSSR count). The molecular weight excluding hydrogens is 330 g/mol. The third-order valence-electron chi connectivity index (χ3n) is 4.83. The average molecular weight is 361 g/mol. The molecule has 144 valence electrons. The van der Waals surface area contributed by atoms with E-state index in [1.54, 1.807) is 0 Å². The van der Waals surface area contributed by atoms with Crippen molar-refractivity contribution in [1.29, 1.82) is 0 Å². The lowest BCUT2D eigenvalue weighted by Crippen LogP contribution is -2.45. The number of fused-ring (bicyclic) bond motifs is 1. The van der Waals surface area contributed by atoms with Gasteiger partial charge in [0.25, 0.3) is 0 Å². The summed E-state index contributed by atoms with van der Waals surface area (Å²) in [4.78, 5) is 8.96. The molecule has 7 nitrogen and oxygen atoms in total. The minimum absolute atomic E-state index is 0.358. The van der Waals surface area contributed by atoms with E-state index in [1.807, 2.05) is 57.4 Å². The van der Waals surface area contributed by atoms with Gasteiger partial charge in [-0.3, -0.25) is 4.90 Å². The molecule has 0 amide bonds. The van der Waals surface area contributed by atoms with Crippen LogP contribution in [0.25, 0.3) is 5.65 Å². The fourth-order valence-corrected chi connectivity index (χ4v) is 3.41. The molecule has 26 heavy (non-hydrogen) atoms. The summed E-state index contributed by atoms with van der Waals surface area (Å²) >= 11 is 0. The molecular formula is C19H31N5O2. The molecule has 7 heteroatoms. The molecule has 1 atom stereocenters. The Kier molecular flexibility index (Phi) is 5.23. The monoisotopic (exact) mass is 361 g/mol. The Morgan fingerprint density at radius 3 is 2.50 bits per heavy atom. The molecule has 1 fully saturated rings. The van der Waals surface area contributed by atoms with Crippen molar-refractivity contribution in [3.05, 3.63) is 23.5 Å². The van der Waals surface area contributed by atoms with Crippen molar-refractivity contribution in [2.45, 2.75) is 58.5 Å². The Morgan fingerprint density at radius 1 is 1.27 bits per heavy atom. The minimum atomic E-state index is -0.846. The first-order valence-corrected chi connectivity index (χ1v) is 9.28. The first-order chi connectivity index (χ1) is 12.2. The molecule has 0 aromatic carbocycles. The van der Waals surface area contributed by atoms with Crippen LogP contribution in [0, 0.1) is 6.92 Å². The number of piperidine rings is 1. The van der Waals surface area contributed by atoms with Gasteiger partial charge in [0.15, 0.2) is 5.65 Å². The summed E-state index contributed by atoms with van der Waals surface area (Å²) in [5, 5.41) is 14.8. The van der Waals surface area contributed by atoms with E-state index < -0.39 is 6.41 Å². The maximum Gasteiger partial charge on any atom is 0.216 e. The van der Waals surface area contributed by atoms with Crippen LogP contribution in [0.4, 0.5) is 5.82 Å². The fraction of sp³-hybridized carbons (Fsp3) is 0.684. The SMILES string of the molecule is Cc1cnn2c(N(C)C)cc(C3CCN(C(O)OC(C)(C)C)CC3)nc12. The summed E-state index contributed by atoms with van der Waals surface area (Å²) < 4.78 is 7.58. The number of aliphatic hydroxyl groups is 1. The molecule has 1 aliphatic rings. The zero-order valence-electron chi connectivity index (χ0n) is 16.7. The van der Waals surface area contributed by atoms with Gasteiger partial charge in [0.05, 0.1) is 11.8 Å². The van der Waals surface area contributed by atoms with Gasteiger partial charge in [0.1, 0.15) is 5.82 Å². The molecule has 0 saturated carbocycles. The van der Waals surface area contributed by atoms with Crippen molar-refractivity contribution >= 4 is 11.5 Å². The van der Waals surface area contributed by atoms with E-state index in [1.165, 1.54) is 0 Å². The first kappa shape index (κ1) is 19.1. The number of likely N-dealkylation sites (tertiary alicyclic amines) is 1. The number of aryl methyl sites for hydroxylation is 1. The van der Waals surface area contributed by atoms with Gasteiger partial charge < -0.3 is 14.7 Å². The van der Waals surface area contributed by atoms with Gasteiger partial charge >= 0.3 is 0 Å². The molecule has 2 aromatic rings. The normalized spacial score (nSPS) is 18.4. The maximum atomic E-state index is 10.3. The highest BCUT2D eigenvalue weighted by Gasteiger charge is 2.29. The van der Waals surface area contributed by atoms with Crippen LogP contribution >= 0.6 is 0 Å². The minimum Gasteiger partial charge on any atom is -0.363 e. The zero-order valence-corrected chi connectivity index (χ0v) is 16.7. The smallest absolute Gasteiger partial charge is 0.216 e. The Balaban J connectivity index is 1.76. The molecule has 0 aliphatic carbocycles. The summed E-state index contributed by atoms with van der Waals surface area (Å²) in [7, 11) is 4.05. The predicted octanol–water partition coefficient (Wildman–Crippen LogP) is 2.37. The van der Waals surface area contributed by atoms with E-state index in [0.717, 1.165) is 48.7 Å². The number of nitrogens with zero attached hydrogens (tertiary/aromatic N) is 5. The number of hydrogen-bond donors (Lipinski definition) is 1. The summed E-state index contributed by atoms with van der Waals surface area (Å²) in [6, 6.07) is 2.14. The largest absolute Gasteiger partial charge is 0.363 e. The summed E-state index contributed by atoms with van der Waals surface area (Å²) in [6.45, 7) is 9.51. The molecule has 0 radical (unpaired) electrons. The Hall–Kier alpha value is -1.70. The van der Waals surface area contributed by atoms with Crippen LogP contribution in [0.3, 0.4) is 0 Å². The molecule has 1 unspecified atom stereocenters. The van der Waals surface area contributed by atoms with Crippen molar-refractivity contribution in [1.82, 2.24) is 19.5 Å². The van der Waals surface area contributed by atoms with E-state index in [0.29, 0.717) is 5.92 Å². The van der Waals surface area contributed by atoms with Gasteiger partial charge in [-0.2, -0.15) is 9.61 Å². The quantitative estimate of drug-likeness (QED) is 0.844. The van der Waals surface area contributed by atoms with Crippen LogP contribution in [0.2, 0.25) is 0 Å². The molecule has 1 saturated heterocycles. The molecule has 0 spiro atoms. The van der Waals surface area contributed by atoms with Crippen LogP contribution in [0.15, 0.2) is 12.3 Å².